The van der Waals surface area contributed by atoms with Gasteiger partial charge in [-0.2, -0.15) is 0 Å². The normalized spacial score (nSPS) is 15.5. The lowest BCUT2D eigenvalue weighted by molar-refractivity contribution is -0.134. The number of anilines is 1. The standard InChI is InChI=1S/C11H9BrN2O3/c1-5-3-7(4-6(2)8(5)12)14-10(16)9(15)13-11(14)17/h3-4H,1-2H3,(H,13,15,17). The van der Waals surface area contributed by atoms with Crippen LogP contribution in [-0.4, -0.2) is 17.8 Å². The molecule has 1 fully saturated rings. The molecule has 88 valence electrons. The van der Waals surface area contributed by atoms with Crippen LogP contribution in [0, 0.1) is 13.8 Å². The highest BCUT2D eigenvalue weighted by molar-refractivity contribution is 9.10. The monoisotopic (exact) mass is 296 g/mol. The number of aryl methyl sites for hydroxylation is 2. The van der Waals surface area contributed by atoms with Gasteiger partial charge in [-0.3, -0.25) is 14.9 Å². The van der Waals surface area contributed by atoms with Gasteiger partial charge in [-0.05, 0) is 37.1 Å². The molecule has 6 heteroatoms. The second-order valence-electron chi connectivity index (χ2n) is 3.79. The van der Waals surface area contributed by atoms with Crippen molar-refractivity contribution in [3.63, 3.8) is 0 Å². The molecule has 0 unspecified atom stereocenters. The topological polar surface area (TPSA) is 66.5 Å². The number of nitrogens with one attached hydrogen (secondary N) is 1. The molecule has 0 aromatic heterocycles. The molecule has 0 bridgehead atoms. The van der Waals surface area contributed by atoms with E-state index in [-0.39, 0.29) is 0 Å². The fraction of sp³-hybridized carbons (Fsp3) is 0.182. The average Bonchev–Trinajstić information content (AvgIpc) is 2.49. The van der Waals surface area contributed by atoms with E-state index in [4.69, 9.17) is 0 Å². The maximum atomic E-state index is 11.5. The molecule has 0 spiro atoms. The summed E-state index contributed by atoms with van der Waals surface area (Å²) in [6.45, 7) is 3.70. The van der Waals surface area contributed by atoms with Gasteiger partial charge in [-0.1, -0.05) is 15.9 Å². The van der Waals surface area contributed by atoms with Crippen LogP contribution in [0.4, 0.5) is 10.5 Å². The molecular formula is C11H9BrN2O3. The van der Waals surface area contributed by atoms with Gasteiger partial charge in [0.1, 0.15) is 0 Å². The Hall–Kier alpha value is -1.69. The number of halogens is 1. The molecule has 1 saturated heterocycles. The third kappa shape index (κ3) is 1.84. The fourth-order valence-electron chi connectivity index (χ4n) is 1.69. The van der Waals surface area contributed by atoms with Gasteiger partial charge < -0.3 is 0 Å². The second kappa shape index (κ2) is 3.96. The van der Waals surface area contributed by atoms with Crippen molar-refractivity contribution >= 4 is 39.5 Å². The van der Waals surface area contributed by atoms with Crippen LogP contribution >= 0.6 is 15.9 Å². The van der Waals surface area contributed by atoms with E-state index in [0.29, 0.717) is 5.69 Å². The Bertz CT molecular complexity index is 531. The first-order chi connectivity index (χ1) is 7.91. The van der Waals surface area contributed by atoms with E-state index in [9.17, 15) is 14.4 Å². The summed E-state index contributed by atoms with van der Waals surface area (Å²) in [6.07, 6.45) is 0. The van der Waals surface area contributed by atoms with Crippen LogP contribution in [-0.2, 0) is 9.59 Å². The SMILES string of the molecule is Cc1cc(N2C(=O)NC(=O)C2=O)cc(C)c1Br. The quantitative estimate of drug-likeness (QED) is 0.633. The van der Waals surface area contributed by atoms with Crippen LogP contribution in [0.1, 0.15) is 11.1 Å². The summed E-state index contributed by atoms with van der Waals surface area (Å²) in [5, 5.41) is 1.96. The smallest absolute Gasteiger partial charge is 0.269 e. The maximum Gasteiger partial charge on any atom is 0.336 e. The molecule has 0 radical (unpaired) electrons. The zero-order chi connectivity index (χ0) is 12.7. The van der Waals surface area contributed by atoms with Crippen molar-refractivity contribution in [3.8, 4) is 0 Å². The number of hydrogen-bond acceptors (Lipinski definition) is 3. The van der Waals surface area contributed by atoms with Gasteiger partial charge in [-0.25, -0.2) is 9.69 Å². The average molecular weight is 297 g/mol. The molecule has 1 aliphatic heterocycles. The zero-order valence-electron chi connectivity index (χ0n) is 9.20. The molecule has 0 aliphatic carbocycles. The van der Waals surface area contributed by atoms with Crippen molar-refractivity contribution in [1.82, 2.24) is 5.32 Å². The first-order valence-electron chi connectivity index (χ1n) is 4.88. The second-order valence-corrected chi connectivity index (χ2v) is 4.59. The Morgan fingerprint density at radius 1 is 1.12 bits per heavy atom. The van der Waals surface area contributed by atoms with Gasteiger partial charge in [-0.15, -0.1) is 0 Å². The number of carbonyl (C=O) groups is 3. The molecular weight excluding hydrogens is 288 g/mol. The first-order valence-corrected chi connectivity index (χ1v) is 5.67. The number of carbonyl (C=O) groups excluding carboxylic acids is 3. The van der Waals surface area contributed by atoms with Crippen LogP contribution in [0.3, 0.4) is 0 Å². The van der Waals surface area contributed by atoms with Crippen LogP contribution in [0.5, 0.6) is 0 Å². The number of amides is 4. The Morgan fingerprint density at radius 3 is 2.06 bits per heavy atom. The van der Waals surface area contributed by atoms with Crippen molar-refractivity contribution in [2.45, 2.75) is 13.8 Å². The number of rotatable bonds is 1. The van der Waals surface area contributed by atoms with E-state index in [1.165, 1.54) is 0 Å². The summed E-state index contributed by atoms with van der Waals surface area (Å²) in [5.74, 6) is -1.75. The third-order valence-corrected chi connectivity index (χ3v) is 3.75. The van der Waals surface area contributed by atoms with Gasteiger partial charge in [0.2, 0.25) is 0 Å². The third-order valence-electron chi connectivity index (χ3n) is 2.50. The van der Waals surface area contributed by atoms with Crippen LogP contribution in [0.2, 0.25) is 0 Å². The highest BCUT2D eigenvalue weighted by atomic mass is 79.9. The zero-order valence-corrected chi connectivity index (χ0v) is 10.8. The molecule has 1 N–H and O–H groups in total. The van der Waals surface area contributed by atoms with E-state index in [1.54, 1.807) is 12.1 Å². The van der Waals surface area contributed by atoms with E-state index >= 15 is 0 Å². The lowest BCUT2D eigenvalue weighted by Crippen LogP contribution is -2.30. The van der Waals surface area contributed by atoms with Crippen molar-refractivity contribution in [2.24, 2.45) is 0 Å². The molecule has 0 atom stereocenters. The summed E-state index contributed by atoms with van der Waals surface area (Å²) in [4.78, 5) is 34.9. The van der Waals surface area contributed by atoms with Gasteiger partial charge in [0.05, 0.1) is 5.69 Å². The van der Waals surface area contributed by atoms with E-state index in [0.717, 1.165) is 20.5 Å². The van der Waals surface area contributed by atoms with Crippen molar-refractivity contribution in [1.29, 1.82) is 0 Å². The number of nitrogens with zero attached hydrogens (tertiary/aromatic N) is 1. The molecule has 5 nitrogen and oxygen atoms in total. The van der Waals surface area contributed by atoms with Gasteiger partial charge in [0, 0.05) is 4.47 Å². The Kier molecular flexibility index (Phi) is 2.74. The minimum Gasteiger partial charge on any atom is -0.269 e. The minimum absolute atomic E-state index is 0.400. The Balaban J connectivity index is 2.52. The molecule has 2 rings (SSSR count). The van der Waals surface area contributed by atoms with E-state index in [1.807, 2.05) is 19.2 Å². The first kappa shape index (κ1) is 11.8. The number of benzene rings is 1. The highest BCUT2D eigenvalue weighted by Gasteiger charge is 2.38. The predicted molar refractivity (Wildman–Crippen MR) is 64.6 cm³/mol. The van der Waals surface area contributed by atoms with Crippen LogP contribution < -0.4 is 10.2 Å². The number of hydrogen-bond donors (Lipinski definition) is 1. The van der Waals surface area contributed by atoms with Crippen molar-refractivity contribution in [2.75, 3.05) is 4.90 Å². The minimum atomic E-state index is -0.895. The lowest BCUT2D eigenvalue weighted by Gasteiger charge is -2.14. The van der Waals surface area contributed by atoms with E-state index in [2.05, 4.69) is 15.9 Å². The fourth-order valence-corrected chi connectivity index (χ4v) is 1.92. The van der Waals surface area contributed by atoms with Gasteiger partial charge in [0.25, 0.3) is 0 Å². The molecule has 0 saturated carbocycles. The summed E-state index contributed by atoms with van der Waals surface area (Å²) >= 11 is 3.39. The van der Waals surface area contributed by atoms with Crippen LogP contribution in [0.15, 0.2) is 16.6 Å². The molecule has 17 heavy (non-hydrogen) atoms. The number of imide groups is 2. The highest BCUT2D eigenvalue weighted by Crippen LogP contribution is 2.28. The lowest BCUT2D eigenvalue weighted by atomic mass is 10.1. The summed E-state index contributed by atoms with van der Waals surface area (Å²) in [6, 6.07) is 2.64. The molecule has 1 aromatic rings. The van der Waals surface area contributed by atoms with Crippen LogP contribution in [0.25, 0.3) is 0 Å². The number of urea groups is 1. The van der Waals surface area contributed by atoms with E-state index < -0.39 is 17.8 Å². The molecule has 1 aliphatic rings. The largest absolute Gasteiger partial charge is 0.336 e. The summed E-state index contributed by atoms with van der Waals surface area (Å²) < 4.78 is 0.916. The maximum absolute atomic E-state index is 11.5. The van der Waals surface area contributed by atoms with Crippen molar-refractivity contribution < 1.29 is 14.4 Å². The van der Waals surface area contributed by atoms with Gasteiger partial charge in [0.15, 0.2) is 0 Å². The summed E-state index contributed by atoms with van der Waals surface area (Å²) in [5.41, 5.74) is 2.18. The molecule has 4 amide bonds. The Morgan fingerprint density at radius 2 is 1.65 bits per heavy atom. The van der Waals surface area contributed by atoms with Gasteiger partial charge >= 0.3 is 17.8 Å². The molecule has 1 aromatic carbocycles. The molecule has 1 heterocycles. The van der Waals surface area contributed by atoms with Crippen molar-refractivity contribution in [3.05, 3.63) is 27.7 Å². The Labute approximate surface area is 106 Å². The summed E-state index contributed by atoms with van der Waals surface area (Å²) in [7, 11) is 0. The predicted octanol–water partition coefficient (Wildman–Crippen LogP) is 1.65.